The second-order valence-corrected chi connectivity index (χ2v) is 11.1. The molecule has 2 aromatic heterocycles. The number of nitrogens with zero attached hydrogens (tertiary/aromatic N) is 4. The van der Waals surface area contributed by atoms with Crippen molar-refractivity contribution in [2.45, 2.75) is 39.3 Å². The van der Waals surface area contributed by atoms with E-state index in [1.165, 1.54) is 21.8 Å². The summed E-state index contributed by atoms with van der Waals surface area (Å²) in [5, 5.41) is 2.52. The zero-order valence-corrected chi connectivity index (χ0v) is 25.2. The van der Waals surface area contributed by atoms with E-state index in [0.29, 0.717) is 17.5 Å². The maximum Gasteiger partial charge on any atom is 0.164 e. The average molecular weight is 575 g/mol. The van der Waals surface area contributed by atoms with Crippen LogP contribution in [0.4, 0.5) is 0 Å². The Balaban J connectivity index is 1.29. The number of hydrogen-bond donors (Lipinski definition) is 0. The fourth-order valence-electron chi connectivity index (χ4n) is 6.08. The third-order valence-electron chi connectivity index (χ3n) is 8.44. The van der Waals surface area contributed by atoms with Crippen molar-refractivity contribution in [2.75, 3.05) is 0 Å². The molecule has 5 nitrogen and oxygen atoms in total. The molecule has 1 unspecified atom stereocenters. The van der Waals surface area contributed by atoms with E-state index in [1.54, 1.807) is 0 Å². The molecular formula is C39H34N4O. The van der Waals surface area contributed by atoms with E-state index in [1.807, 2.05) is 66.7 Å². The highest BCUT2D eigenvalue weighted by atomic mass is 16.5. The topological polar surface area (TPSA) is 52.8 Å². The molecule has 2 heterocycles. The van der Waals surface area contributed by atoms with Crippen molar-refractivity contribution in [1.29, 1.82) is 0 Å². The Bertz CT molecular complexity index is 1960. The van der Waals surface area contributed by atoms with Gasteiger partial charge in [-0.1, -0.05) is 116 Å². The average Bonchev–Trinajstić information content (AvgIpc) is 3.42. The first-order valence-electron chi connectivity index (χ1n) is 15.3. The Kier molecular flexibility index (Phi) is 7.37. The summed E-state index contributed by atoms with van der Waals surface area (Å²) in [5.74, 6) is 2.79. The number of ether oxygens (including phenoxy) is 1. The molecule has 0 amide bonds. The van der Waals surface area contributed by atoms with Gasteiger partial charge >= 0.3 is 0 Å². The number of hydrogen-bond acceptors (Lipinski definition) is 4. The van der Waals surface area contributed by atoms with E-state index in [-0.39, 0.29) is 12.1 Å². The van der Waals surface area contributed by atoms with Gasteiger partial charge < -0.3 is 9.30 Å². The number of fused-ring (bicyclic) bond motifs is 3. The van der Waals surface area contributed by atoms with Crippen molar-refractivity contribution in [2.24, 2.45) is 0 Å². The molecule has 44 heavy (non-hydrogen) atoms. The molecule has 0 fully saturated rings. The molecule has 0 aliphatic heterocycles. The van der Waals surface area contributed by atoms with Gasteiger partial charge in [-0.2, -0.15) is 0 Å². The van der Waals surface area contributed by atoms with Gasteiger partial charge in [-0.25, -0.2) is 15.0 Å². The molecule has 0 saturated carbocycles. The highest BCUT2D eigenvalue weighted by Gasteiger charge is 2.23. The molecule has 0 spiro atoms. The van der Waals surface area contributed by atoms with Crippen LogP contribution < -0.4 is 4.74 Å². The van der Waals surface area contributed by atoms with Gasteiger partial charge in [-0.05, 0) is 38.5 Å². The summed E-state index contributed by atoms with van der Waals surface area (Å²) >= 11 is 0. The van der Waals surface area contributed by atoms with Gasteiger partial charge in [-0.3, -0.25) is 0 Å². The van der Waals surface area contributed by atoms with E-state index in [9.17, 15) is 0 Å². The van der Waals surface area contributed by atoms with Crippen LogP contribution in [-0.2, 0) is 6.42 Å². The van der Waals surface area contributed by atoms with E-state index >= 15 is 0 Å². The maximum absolute atomic E-state index is 6.82. The summed E-state index contributed by atoms with van der Waals surface area (Å²) in [6, 6.07) is 43.7. The molecule has 0 aliphatic carbocycles. The Morgan fingerprint density at radius 2 is 1.07 bits per heavy atom. The van der Waals surface area contributed by atoms with Gasteiger partial charge in [0.25, 0.3) is 0 Å². The summed E-state index contributed by atoms with van der Waals surface area (Å²) in [4.78, 5) is 14.9. The van der Waals surface area contributed by atoms with Gasteiger partial charge in [0, 0.05) is 44.1 Å². The number of benzene rings is 5. The van der Waals surface area contributed by atoms with Gasteiger partial charge in [0.1, 0.15) is 11.9 Å². The highest BCUT2D eigenvalue weighted by Crippen LogP contribution is 2.36. The van der Waals surface area contributed by atoms with E-state index in [4.69, 9.17) is 19.7 Å². The summed E-state index contributed by atoms with van der Waals surface area (Å²) < 4.78 is 9.23. The monoisotopic (exact) mass is 574 g/mol. The van der Waals surface area contributed by atoms with E-state index in [0.717, 1.165) is 34.4 Å². The Morgan fingerprint density at radius 1 is 0.568 bits per heavy atom. The molecular weight excluding hydrogens is 540 g/mol. The summed E-state index contributed by atoms with van der Waals surface area (Å²) in [7, 11) is 0. The minimum Gasteiger partial charge on any atom is -0.488 e. The van der Waals surface area contributed by atoms with Crippen molar-refractivity contribution in [3.8, 4) is 39.9 Å². The lowest BCUT2D eigenvalue weighted by atomic mass is 10.0. The minimum atomic E-state index is -0.104. The smallest absolute Gasteiger partial charge is 0.164 e. The molecule has 7 rings (SSSR count). The largest absolute Gasteiger partial charge is 0.488 e. The van der Waals surface area contributed by atoms with E-state index in [2.05, 4.69) is 86.0 Å². The third kappa shape index (κ3) is 5.01. The first-order chi connectivity index (χ1) is 21.6. The minimum absolute atomic E-state index is 0.0831. The van der Waals surface area contributed by atoms with Crippen LogP contribution in [0.25, 0.3) is 56.0 Å². The number of aromatic nitrogens is 4. The van der Waals surface area contributed by atoms with Crippen molar-refractivity contribution in [1.82, 2.24) is 19.5 Å². The van der Waals surface area contributed by atoms with Crippen LogP contribution in [0.15, 0.2) is 127 Å². The van der Waals surface area contributed by atoms with Crippen molar-refractivity contribution >= 4 is 21.8 Å². The quantitative estimate of drug-likeness (QED) is 0.181. The first-order valence-corrected chi connectivity index (χ1v) is 15.3. The lowest BCUT2D eigenvalue weighted by Crippen LogP contribution is -2.25. The Hall–Kier alpha value is -5.29. The number of para-hydroxylation sites is 2. The second kappa shape index (κ2) is 11.8. The normalized spacial score (nSPS) is 12.8. The molecule has 0 saturated heterocycles. The van der Waals surface area contributed by atoms with Gasteiger partial charge in [-0.15, -0.1) is 0 Å². The molecule has 0 aliphatic rings. The molecule has 5 heteroatoms. The third-order valence-corrected chi connectivity index (χ3v) is 8.44. The predicted molar refractivity (Wildman–Crippen MR) is 180 cm³/mol. The Morgan fingerprint density at radius 3 is 1.61 bits per heavy atom. The molecule has 5 aromatic carbocycles. The Labute approximate surface area is 257 Å². The van der Waals surface area contributed by atoms with Gasteiger partial charge in [0.2, 0.25) is 0 Å². The van der Waals surface area contributed by atoms with Crippen LogP contribution in [0.5, 0.6) is 5.75 Å². The second-order valence-electron chi connectivity index (χ2n) is 11.1. The first kappa shape index (κ1) is 27.5. The van der Waals surface area contributed by atoms with Crippen LogP contribution in [0.2, 0.25) is 0 Å². The molecule has 0 radical (unpaired) electrons. The fourth-order valence-corrected chi connectivity index (χ4v) is 6.08. The summed E-state index contributed by atoms with van der Waals surface area (Å²) in [6.07, 6.45) is 0.669. The van der Waals surface area contributed by atoms with E-state index < -0.39 is 0 Å². The predicted octanol–water partition coefficient (Wildman–Crippen LogP) is 9.57. The zero-order valence-electron chi connectivity index (χ0n) is 25.2. The van der Waals surface area contributed by atoms with Crippen molar-refractivity contribution in [3.05, 3.63) is 133 Å². The lowest BCUT2D eigenvalue weighted by molar-refractivity contribution is 0.167. The van der Waals surface area contributed by atoms with Crippen LogP contribution in [-0.4, -0.2) is 25.6 Å². The maximum atomic E-state index is 6.82. The van der Waals surface area contributed by atoms with Gasteiger partial charge in [0.05, 0.1) is 6.04 Å². The van der Waals surface area contributed by atoms with Crippen LogP contribution >= 0.6 is 0 Å². The lowest BCUT2D eigenvalue weighted by Gasteiger charge is -2.26. The molecule has 216 valence electrons. The van der Waals surface area contributed by atoms with Crippen LogP contribution in [0.3, 0.4) is 0 Å². The highest BCUT2D eigenvalue weighted by molar-refractivity contribution is 6.08. The van der Waals surface area contributed by atoms with Crippen molar-refractivity contribution in [3.63, 3.8) is 0 Å². The SMILES string of the molecule is CCc1c(OC(C)[C@@H](C)n2c3ccccc3c3ccccc32)cccc1-c1nc(-c2ccccc2)nc(-c2ccccc2)n1. The van der Waals surface area contributed by atoms with Gasteiger partial charge in [0.15, 0.2) is 17.5 Å². The summed E-state index contributed by atoms with van der Waals surface area (Å²) in [5.41, 5.74) is 6.37. The number of rotatable bonds is 8. The summed E-state index contributed by atoms with van der Waals surface area (Å²) in [6.45, 7) is 6.55. The molecule has 0 bridgehead atoms. The van der Waals surface area contributed by atoms with Crippen molar-refractivity contribution < 1.29 is 4.74 Å². The zero-order chi connectivity index (χ0) is 30.0. The van der Waals surface area contributed by atoms with Crippen LogP contribution in [0, 0.1) is 0 Å². The molecule has 2 atom stereocenters. The molecule has 7 aromatic rings. The fraction of sp³-hybridized carbons (Fsp3) is 0.154. The van der Waals surface area contributed by atoms with Crippen LogP contribution in [0.1, 0.15) is 32.4 Å². The molecule has 0 N–H and O–H groups in total. The standard InChI is InChI=1S/C39H34N4O/c1-4-30-33(39-41-37(28-16-7-5-8-17-28)40-38(42-39)29-18-9-6-10-19-29)22-15-25-36(30)44-27(3)26(2)43-34-23-13-11-20-31(34)32-21-12-14-24-35(32)43/h5-27H,4H2,1-3H3/t26-,27?/m1/s1.